The van der Waals surface area contributed by atoms with Gasteiger partial charge in [0.1, 0.15) is 12.7 Å². The Morgan fingerprint density at radius 3 is 2.41 bits per heavy atom. The number of nitrogens with zero attached hydrogens (tertiary/aromatic N) is 1. The molecular formula is C27H35Cl2NO3Si. The molecule has 34 heavy (non-hydrogen) atoms. The van der Waals surface area contributed by atoms with Crippen molar-refractivity contribution in [3.63, 3.8) is 0 Å². The van der Waals surface area contributed by atoms with Crippen molar-refractivity contribution in [3.8, 4) is 0 Å². The first-order valence-corrected chi connectivity index (χ1v) is 15.7. The van der Waals surface area contributed by atoms with Crippen molar-refractivity contribution in [3.05, 3.63) is 69.7 Å². The summed E-state index contributed by atoms with van der Waals surface area (Å²) in [5.41, 5.74) is 1.97. The van der Waals surface area contributed by atoms with Gasteiger partial charge in [-0.1, -0.05) is 68.2 Å². The van der Waals surface area contributed by atoms with Crippen LogP contribution < -0.4 is 0 Å². The van der Waals surface area contributed by atoms with Gasteiger partial charge in [0, 0.05) is 22.7 Å². The molecular weight excluding hydrogens is 485 g/mol. The molecule has 184 valence electrons. The molecule has 0 aromatic heterocycles. The van der Waals surface area contributed by atoms with E-state index in [0.717, 1.165) is 24.0 Å². The first-order valence-electron chi connectivity index (χ1n) is 12.1. The topological polar surface area (TPSA) is 38.8 Å². The highest BCUT2D eigenvalue weighted by atomic mass is 35.5. The Morgan fingerprint density at radius 1 is 1.06 bits per heavy atom. The van der Waals surface area contributed by atoms with Gasteiger partial charge in [0.05, 0.1) is 6.04 Å². The van der Waals surface area contributed by atoms with E-state index in [1.54, 1.807) is 0 Å². The minimum absolute atomic E-state index is 0.0146. The summed E-state index contributed by atoms with van der Waals surface area (Å²) in [6.45, 7) is 12.2. The van der Waals surface area contributed by atoms with Crippen LogP contribution in [0.5, 0.6) is 0 Å². The van der Waals surface area contributed by atoms with Crippen LogP contribution >= 0.6 is 23.2 Å². The second-order valence-corrected chi connectivity index (χ2v) is 16.7. The number of rotatable bonds is 7. The average Bonchev–Trinajstić information content (AvgIpc) is 3.49. The lowest BCUT2D eigenvalue weighted by Gasteiger charge is -2.42. The van der Waals surface area contributed by atoms with Crippen molar-refractivity contribution in [2.45, 2.75) is 70.0 Å². The smallest absolute Gasteiger partial charge is 0.249 e. The molecule has 1 heterocycles. The number of ether oxygens (including phenoxy) is 1. The van der Waals surface area contributed by atoms with E-state index in [0.29, 0.717) is 28.6 Å². The highest BCUT2D eigenvalue weighted by molar-refractivity contribution is 6.74. The second kappa shape index (κ2) is 9.94. The van der Waals surface area contributed by atoms with E-state index in [-0.39, 0.29) is 29.7 Å². The summed E-state index contributed by atoms with van der Waals surface area (Å²) in [6.07, 6.45) is 2.02. The normalized spacial score (nSPS) is 25.5. The van der Waals surface area contributed by atoms with Gasteiger partial charge >= 0.3 is 0 Å². The Labute approximate surface area is 214 Å². The van der Waals surface area contributed by atoms with Crippen LogP contribution in [0, 0.1) is 5.92 Å². The summed E-state index contributed by atoms with van der Waals surface area (Å²) in [5, 5.41) is 1.52. The molecule has 1 saturated carbocycles. The van der Waals surface area contributed by atoms with E-state index >= 15 is 0 Å². The molecule has 0 bridgehead atoms. The first kappa shape index (κ1) is 25.7. The van der Waals surface area contributed by atoms with E-state index < -0.39 is 8.32 Å². The Kier molecular flexibility index (Phi) is 7.52. The molecule has 4 rings (SSSR count). The predicted octanol–water partition coefficient (Wildman–Crippen LogP) is 7.44. The van der Waals surface area contributed by atoms with Crippen LogP contribution in [-0.4, -0.2) is 38.4 Å². The standard InChI is InChI=1S/C27H35Cl2NO3Si/c1-27(2,3)34(4,5)33-23-16-19(23)13-14-30-24(31)17-32-26(20-7-6-8-22(29)15-20)25(30)18-9-11-21(28)12-10-18/h6-12,15,19,23,25-26H,13-14,16-17H2,1-5H3. The molecule has 1 amide bonds. The fourth-order valence-electron chi connectivity index (χ4n) is 4.42. The van der Waals surface area contributed by atoms with Gasteiger partial charge in [-0.3, -0.25) is 4.79 Å². The van der Waals surface area contributed by atoms with Crippen LogP contribution in [0.3, 0.4) is 0 Å². The molecule has 2 aromatic rings. The zero-order valence-electron chi connectivity index (χ0n) is 20.7. The van der Waals surface area contributed by atoms with E-state index in [9.17, 15) is 4.79 Å². The van der Waals surface area contributed by atoms with Crippen LogP contribution in [0.1, 0.15) is 56.9 Å². The molecule has 0 radical (unpaired) electrons. The van der Waals surface area contributed by atoms with Gasteiger partial charge in [-0.2, -0.15) is 0 Å². The van der Waals surface area contributed by atoms with E-state index in [4.69, 9.17) is 32.4 Å². The van der Waals surface area contributed by atoms with Gasteiger partial charge in [0.15, 0.2) is 8.32 Å². The number of morpholine rings is 1. The van der Waals surface area contributed by atoms with E-state index in [1.807, 2.05) is 53.4 Å². The Morgan fingerprint density at radius 2 is 1.76 bits per heavy atom. The number of benzene rings is 2. The molecule has 4 nitrogen and oxygen atoms in total. The molecule has 0 N–H and O–H groups in total. The van der Waals surface area contributed by atoms with Crippen molar-refractivity contribution in [1.29, 1.82) is 0 Å². The Balaban J connectivity index is 1.52. The minimum atomic E-state index is -1.79. The summed E-state index contributed by atoms with van der Waals surface area (Å²) < 4.78 is 12.7. The Hall–Kier alpha value is -1.37. The van der Waals surface area contributed by atoms with Crippen molar-refractivity contribution in [1.82, 2.24) is 4.90 Å². The molecule has 2 aromatic carbocycles. The summed E-state index contributed by atoms with van der Waals surface area (Å²) in [6, 6.07) is 15.2. The van der Waals surface area contributed by atoms with Gasteiger partial charge < -0.3 is 14.1 Å². The van der Waals surface area contributed by atoms with Gasteiger partial charge in [0.25, 0.3) is 0 Å². The molecule has 2 aliphatic rings. The summed E-state index contributed by atoms with van der Waals surface area (Å²) in [7, 11) is -1.79. The fraction of sp³-hybridized carbons (Fsp3) is 0.519. The lowest BCUT2D eigenvalue weighted by atomic mass is 9.92. The third-order valence-corrected chi connectivity index (χ3v) is 12.6. The summed E-state index contributed by atoms with van der Waals surface area (Å²) >= 11 is 12.5. The third kappa shape index (κ3) is 5.71. The molecule has 1 aliphatic carbocycles. The average molecular weight is 521 g/mol. The largest absolute Gasteiger partial charge is 0.414 e. The molecule has 7 heteroatoms. The van der Waals surface area contributed by atoms with Gasteiger partial charge in [-0.15, -0.1) is 0 Å². The van der Waals surface area contributed by atoms with Crippen LogP contribution in [0.4, 0.5) is 0 Å². The maximum Gasteiger partial charge on any atom is 0.249 e. The number of hydrogen-bond acceptors (Lipinski definition) is 3. The van der Waals surface area contributed by atoms with Crippen LogP contribution in [0.15, 0.2) is 48.5 Å². The Bertz CT molecular complexity index is 1020. The highest BCUT2D eigenvalue weighted by Gasteiger charge is 2.47. The lowest BCUT2D eigenvalue weighted by molar-refractivity contribution is -0.158. The highest BCUT2D eigenvalue weighted by Crippen LogP contribution is 2.46. The zero-order valence-corrected chi connectivity index (χ0v) is 23.2. The van der Waals surface area contributed by atoms with E-state index in [2.05, 4.69) is 33.9 Å². The molecule has 0 spiro atoms. The lowest BCUT2D eigenvalue weighted by Crippen LogP contribution is -2.46. The monoisotopic (exact) mass is 519 g/mol. The molecule has 4 atom stereocenters. The fourth-order valence-corrected chi connectivity index (χ4v) is 6.15. The summed E-state index contributed by atoms with van der Waals surface area (Å²) in [4.78, 5) is 15.1. The van der Waals surface area contributed by atoms with E-state index in [1.165, 1.54) is 0 Å². The molecule has 4 unspecified atom stereocenters. The van der Waals surface area contributed by atoms with Crippen LogP contribution in [0.25, 0.3) is 0 Å². The molecule has 1 aliphatic heterocycles. The van der Waals surface area contributed by atoms with Crippen molar-refractivity contribution in [2.24, 2.45) is 5.92 Å². The molecule has 2 fully saturated rings. The second-order valence-electron chi connectivity index (χ2n) is 11.1. The van der Waals surface area contributed by atoms with Crippen LogP contribution in [0.2, 0.25) is 28.2 Å². The van der Waals surface area contributed by atoms with Gasteiger partial charge in [-0.25, -0.2) is 0 Å². The van der Waals surface area contributed by atoms with Crippen molar-refractivity contribution < 1.29 is 14.0 Å². The SMILES string of the molecule is CC(C)(C)[Si](C)(C)OC1CC1CCN1C(=O)COC(c2cccc(Cl)c2)C1c1ccc(Cl)cc1. The maximum absolute atomic E-state index is 13.1. The van der Waals surface area contributed by atoms with Crippen molar-refractivity contribution >= 4 is 37.4 Å². The number of carbonyl (C=O) groups excluding carboxylic acids is 1. The summed E-state index contributed by atoms with van der Waals surface area (Å²) in [5.74, 6) is 0.515. The maximum atomic E-state index is 13.1. The van der Waals surface area contributed by atoms with Crippen LogP contribution in [-0.2, 0) is 14.0 Å². The zero-order chi connectivity index (χ0) is 24.7. The number of carbonyl (C=O) groups is 1. The van der Waals surface area contributed by atoms with Crippen molar-refractivity contribution in [2.75, 3.05) is 13.2 Å². The third-order valence-electron chi connectivity index (χ3n) is 7.57. The van der Waals surface area contributed by atoms with Gasteiger partial charge in [-0.05, 0) is 72.3 Å². The quantitative estimate of drug-likeness (QED) is 0.356. The number of halogens is 2. The van der Waals surface area contributed by atoms with Gasteiger partial charge in [0.2, 0.25) is 5.91 Å². The number of amides is 1. The molecule has 1 saturated heterocycles. The minimum Gasteiger partial charge on any atom is -0.414 e. The first-order chi connectivity index (χ1) is 16.0. The number of hydrogen-bond donors (Lipinski definition) is 0. The predicted molar refractivity (Wildman–Crippen MR) is 141 cm³/mol.